The van der Waals surface area contributed by atoms with Crippen molar-refractivity contribution in [1.29, 1.82) is 0 Å². The summed E-state index contributed by atoms with van der Waals surface area (Å²) in [6.45, 7) is 0. The highest BCUT2D eigenvalue weighted by Crippen LogP contribution is 2.43. The van der Waals surface area contributed by atoms with Crippen LogP contribution < -0.4 is 9.47 Å². The van der Waals surface area contributed by atoms with Crippen LogP contribution in [-0.4, -0.2) is 35.1 Å². The molecule has 0 aliphatic carbocycles. The van der Waals surface area contributed by atoms with Gasteiger partial charge >= 0.3 is 5.97 Å². The Bertz CT molecular complexity index is 715. The third kappa shape index (κ3) is 2.52. The molecule has 0 saturated carbocycles. The first-order valence-corrected chi connectivity index (χ1v) is 6.16. The molecule has 1 aromatic carbocycles. The number of carboxylic acids is 1. The Balaban J connectivity index is 2.74. The minimum Gasteiger partial charge on any atom is -0.492 e. The standard InChI is InChI=1S/C13H12ClFN2O4/c1-17-9(5-8(16-17)13(18)19)6-4-7(14)10(15)12(21-3)11(6)20-2/h4-5H,1-3H3,(H,18,19). The summed E-state index contributed by atoms with van der Waals surface area (Å²) in [4.78, 5) is 11.0. The summed E-state index contributed by atoms with van der Waals surface area (Å²) < 4.78 is 25.4. The largest absolute Gasteiger partial charge is 0.492 e. The summed E-state index contributed by atoms with van der Waals surface area (Å²) in [5.41, 5.74) is 0.640. The first-order chi connectivity index (χ1) is 9.90. The van der Waals surface area contributed by atoms with Gasteiger partial charge in [-0.3, -0.25) is 4.68 Å². The molecule has 6 nitrogen and oxygen atoms in total. The number of aromatic nitrogens is 2. The molecule has 0 aliphatic rings. The maximum atomic E-state index is 13.9. The Morgan fingerprint density at radius 2 is 1.95 bits per heavy atom. The molecule has 2 rings (SSSR count). The van der Waals surface area contributed by atoms with Crippen molar-refractivity contribution in [3.63, 3.8) is 0 Å². The van der Waals surface area contributed by atoms with Crippen LogP contribution in [0.3, 0.4) is 0 Å². The lowest BCUT2D eigenvalue weighted by molar-refractivity contribution is 0.0689. The van der Waals surface area contributed by atoms with Gasteiger partial charge in [0, 0.05) is 12.6 Å². The summed E-state index contributed by atoms with van der Waals surface area (Å²) in [7, 11) is 4.20. The van der Waals surface area contributed by atoms with Crippen molar-refractivity contribution in [1.82, 2.24) is 9.78 Å². The van der Waals surface area contributed by atoms with Crippen LogP contribution in [-0.2, 0) is 7.05 Å². The number of aromatic carboxylic acids is 1. The predicted molar refractivity (Wildman–Crippen MR) is 73.7 cm³/mol. The van der Waals surface area contributed by atoms with Crippen molar-refractivity contribution in [3.8, 4) is 22.8 Å². The summed E-state index contributed by atoms with van der Waals surface area (Å²) >= 11 is 5.84. The number of hydrogen-bond acceptors (Lipinski definition) is 4. The monoisotopic (exact) mass is 314 g/mol. The van der Waals surface area contributed by atoms with Gasteiger partial charge in [0.1, 0.15) is 0 Å². The van der Waals surface area contributed by atoms with Crippen LogP contribution in [0.4, 0.5) is 4.39 Å². The fraction of sp³-hybridized carbons (Fsp3) is 0.231. The molecule has 0 bridgehead atoms. The number of aryl methyl sites for hydroxylation is 1. The van der Waals surface area contributed by atoms with Crippen LogP contribution in [0.5, 0.6) is 11.5 Å². The topological polar surface area (TPSA) is 73.6 Å². The van der Waals surface area contributed by atoms with E-state index in [9.17, 15) is 9.18 Å². The van der Waals surface area contributed by atoms with E-state index >= 15 is 0 Å². The van der Waals surface area contributed by atoms with Gasteiger partial charge in [0.15, 0.2) is 23.0 Å². The summed E-state index contributed by atoms with van der Waals surface area (Å²) in [5.74, 6) is -1.96. The van der Waals surface area contributed by atoms with Gasteiger partial charge in [0.2, 0.25) is 0 Å². The van der Waals surface area contributed by atoms with Crippen LogP contribution in [0.2, 0.25) is 5.02 Å². The number of carbonyl (C=O) groups is 1. The maximum absolute atomic E-state index is 13.9. The number of carboxylic acid groups (broad SMARTS) is 1. The molecule has 0 amide bonds. The molecular formula is C13H12ClFN2O4. The Morgan fingerprint density at radius 1 is 1.33 bits per heavy atom. The number of hydrogen-bond donors (Lipinski definition) is 1. The van der Waals surface area contributed by atoms with Crippen LogP contribution >= 0.6 is 11.6 Å². The van der Waals surface area contributed by atoms with E-state index in [4.69, 9.17) is 26.2 Å². The van der Waals surface area contributed by atoms with Crippen LogP contribution in [0.15, 0.2) is 12.1 Å². The van der Waals surface area contributed by atoms with E-state index in [2.05, 4.69) is 5.10 Å². The van der Waals surface area contributed by atoms with Crippen molar-refractivity contribution >= 4 is 17.6 Å². The van der Waals surface area contributed by atoms with Crippen LogP contribution in [0.25, 0.3) is 11.3 Å². The first-order valence-electron chi connectivity index (χ1n) is 5.78. The van der Waals surface area contributed by atoms with E-state index in [-0.39, 0.29) is 22.2 Å². The van der Waals surface area contributed by atoms with Crippen LogP contribution in [0, 0.1) is 5.82 Å². The minimum atomic E-state index is -1.17. The van der Waals surface area contributed by atoms with E-state index in [1.807, 2.05) is 0 Å². The Morgan fingerprint density at radius 3 is 2.43 bits per heavy atom. The van der Waals surface area contributed by atoms with Crippen molar-refractivity contribution < 1.29 is 23.8 Å². The van der Waals surface area contributed by atoms with E-state index in [0.29, 0.717) is 11.3 Å². The number of ether oxygens (including phenoxy) is 2. The van der Waals surface area contributed by atoms with Gasteiger partial charge in [-0.1, -0.05) is 11.6 Å². The van der Waals surface area contributed by atoms with Crippen molar-refractivity contribution in [2.45, 2.75) is 0 Å². The highest BCUT2D eigenvalue weighted by atomic mass is 35.5. The zero-order valence-corrected chi connectivity index (χ0v) is 12.2. The second kappa shape index (κ2) is 5.61. The van der Waals surface area contributed by atoms with E-state index in [1.54, 1.807) is 7.05 Å². The van der Waals surface area contributed by atoms with Crippen molar-refractivity contribution in [3.05, 3.63) is 28.7 Å². The van der Waals surface area contributed by atoms with Gasteiger partial charge in [-0.25, -0.2) is 9.18 Å². The summed E-state index contributed by atoms with van der Waals surface area (Å²) in [5, 5.41) is 12.7. The molecule has 2 aromatic rings. The number of nitrogens with zero attached hydrogens (tertiary/aromatic N) is 2. The highest BCUT2D eigenvalue weighted by Gasteiger charge is 2.23. The third-order valence-electron chi connectivity index (χ3n) is 2.91. The Labute approximate surface area is 124 Å². The fourth-order valence-electron chi connectivity index (χ4n) is 1.99. The molecule has 0 unspecified atom stereocenters. The minimum absolute atomic E-state index is 0.110. The molecule has 1 heterocycles. The molecule has 1 N–H and O–H groups in total. The SMILES string of the molecule is COc1c(-c2cc(C(=O)O)nn2C)cc(Cl)c(F)c1OC. The van der Waals surface area contributed by atoms with Gasteiger partial charge in [-0.15, -0.1) is 0 Å². The zero-order chi connectivity index (χ0) is 15.7. The molecule has 0 atom stereocenters. The van der Waals surface area contributed by atoms with Gasteiger partial charge in [0.05, 0.1) is 24.9 Å². The normalized spacial score (nSPS) is 10.5. The first kappa shape index (κ1) is 15.1. The van der Waals surface area contributed by atoms with E-state index < -0.39 is 11.8 Å². The molecule has 21 heavy (non-hydrogen) atoms. The number of methoxy groups -OCH3 is 2. The summed E-state index contributed by atoms with van der Waals surface area (Å²) in [6.07, 6.45) is 0. The lowest BCUT2D eigenvalue weighted by Crippen LogP contribution is -2.01. The number of rotatable bonds is 4. The summed E-state index contributed by atoms with van der Waals surface area (Å²) in [6, 6.07) is 2.68. The average molecular weight is 315 g/mol. The van der Waals surface area contributed by atoms with Crippen LogP contribution in [0.1, 0.15) is 10.5 Å². The lowest BCUT2D eigenvalue weighted by atomic mass is 10.1. The molecule has 0 spiro atoms. The second-order valence-corrected chi connectivity index (χ2v) is 4.54. The molecule has 112 valence electrons. The zero-order valence-electron chi connectivity index (χ0n) is 11.5. The average Bonchev–Trinajstić information content (AvgIpc) is 2.83. The van der Waals surface area contributed by atoms with Gasteiger partial charge in [0.25, 0.3) is 0 Å². The number of benzene rings is 1. The quantitative estimate of drug-likeness (QED) is 0.939. The van der Waals surface area contributed by atoms with E-state index in [1.165, 1.54) is 31.0 Å². The molecule has 1 aromatic heterocycles. The predicted octanol–water partition coefficient (Wildman–Crippen LogP) is 2.60. The number of halogens is 2. The molecule has 0 radical (unpaired) electrons. The Hall–Kier alpha value is -2.28. The molecule has 0 fully saturated rings. The molecule has 0 saturated heterocycles. The highest BCUT2D eigenvalue weighted by molar-refractivity contribution is 6.31. The molecule has 8 heteroatoms. The van der Waals surface area contributed by atoms with Crippen molar-refractivity contribution in [2.75, 3.05) is 14.2 Å². The lowest BCUT2D eigenvalue weighted by Gasteiger charge is -2.14. The van der Waals surface area contributed by atoms with Crippen molar-refractivity contribution in [2.24, 2.45) is 7.05 Å². The maximum Gasteiger partial charge on any atom is 0.356 e. The molecule has 0 aliphatic heterocycles. The fourth-order valence-corrected chi connectivity index (χ4v) is 2.18. The van der Waals surface area contributed by atoms with E-state index in [0.717, 1.165) is 0 Å². The Kier molecular flexibility index (Phi) is 4.04. The third-order valence-corrected chi connectivity index (χ3v) is 3.19. The second-order valence-electron chi connectivity index (χ2n) is 4.13. The van der Waals surface area contributed by atoms with Gasteiger partial charge in [-0.05, 0) is 12.1 Å². The smallest absolute Gasteiger partial charge is 0.356 e. The van der Waals surface area contributed by atoms with Gasteiger partial charge in [-0.2, -0.15) is 5.10 Å². The molecular weight excluding hydrogens is 303 g/mol. The van der Waals surface area contributed by atoms with Gasteiger partial charge < -0.3 is 14.6 Å².